The van der Waals surface area contributed by atoms with E-state index in [1.807, 2.05) is 0 Å². The summed E-state index contributed by atoms with van der Waals surface area (Å²) < 4.78 is 1.56. The summed E-state index contributed by atoms with van der Waals surface area (Å²) in [5.74, 6) is 0. The molecule has 0 aliphatic carbocycles. The van der Waals surface area contributed by atoms with Gasteiger partial charge in [0.2, 0.25) is 0 Å². The van der Waals surface area contributed by atoms with Crippen LogP contribution < -0.4 is 0 Å². The largest absolute Gasteiger partial charge is 0.318 e. The third kappa shape index (κ3) is 65.4. The van der Waals surface area contributed by atoms with Gasteiger partial charge in [0.1, 0.15) is 5.54 Å². The Balaban J connectivity index is 8.71. The van der Waals surface area contributed by atoms with E-state index in [1.165, 1.54) is 565 Å². The van der Waals surface area contributed by atoms with Crippen LogP contribution in [0.3, 0.4) is 0 Å². The summed E-state index contributed by atoms with van der Waals surface area (Å²) in [6.07, 6.45) is 139. The van der Waals surface area contributed by atoms with Crippen molar-refractivity contribution in [2.45, 2.75) is 678 Å². The fourth-order valence-electron chi connectivity index (χ4n) is 21.8. The SMILES string of the molecule is CCCCCCCCCCC(CCCCCCCCCC)(CCCCCCCCCC)CCCCCCCC(CCCCCCCCCC)(CCCCCCCCCC)C(CCCCCCCCCC)(CCCCCCCCCC)[N+](CCCCCCCCCC)(CCCCCCCCCC)CCCCCCCCCC. The molecule has 0 aromatic carbocycles. The highest BCUT2D eigenvalue weighted by molar-refractivity contribution is 5.02. The molecule has 1 nitrogen and oxygen atoms in total. The first-order chi connectivity index (χ1) is 54.8. The van der Waals surface area contributed by atoms with Crippen molar-refractivity contribution in [2.24, 2.45) is 10.8 Å². The number of nitrogens with zero attached hydrogens (tertiary/aromatic N) is 1. The topological polar surface area (TPSA) is 0 Å². The van der Waals surface area contributed by atoms with Crippen LogP contribution >= 0.6 is 0 Å². The Morgan fingerprint density at radius 3 is 0.387 bits per heavy atom. The standard InChI is InChI=1S/C110H224N/c1-11-21-31-41-51-61-72-84-96-108(97-85-73-62-52-42-32-22-12-2,98-86-74-63-53-43-33-23-13-3)99-87-75-71-78-90-102-109(100-88-76-64-54-44-34-24-14-4,101-89-77-65-55-45-35-25-15-5)110(103-91-79-66-56-46-36-26-16-6,104-92-80-67-57-47-37-27-17-7)111(105-93-81-68-58-48-38-28-18-8,106-94-82-69-59-49-39-29-19-9)107-95-83-70-60-50-40-30-20-10/h11-107H2,1-10H3/q+1. The first kappa shape index (κ1) is 111. The van der Waals surface area contributed by atoms with Gasteiger partial charge in [-0.1, -0.05) is 564 Å². The van der Waals surface area contributed by atoms with E-state index in [-0.39, 0.29) is 0 Å². The Morgan fingerprint density at radius 1 is 0.117 bits per heavy atom. The minimum Gasteiger partial charge on any atom is -0.318 e. The van der Waals surface area contributed by atoms with Crippen LogP contribution in [-0.2, 0) is 0 Å². The van der Waals surface area contributed by atoms with Gasteiger partial charge >= 0.3 is 0 Å². The molecular weight excluding hydrogens is 1340 g/mol. The predicted molar refractivity (Wildman–Crippen MR) is 513 cm³/mol. The van der Waals surface area contributed by atoms with Crippen LogP contribution in [0.2, 0.25) is 0 Å². The molecule has 1 heteroatoms. The zero-order valence-corrected chi connectivity index (χ0v) is 80.5. The molecule has 0 rings (SSSR count). The van der Waals surface area contributed by atoms with Crippen molar-refractivity contribution in [3.63, 3.8) is 0 Å². The van der Waals surface area contributed by atoms with E-state index in [4.69, 9.17) is 0 Å². The second-order valence-corrected chi connectivity index (χ2v) is 39.4. The number of unbranched alkanes of at least 4 members (excludes halogenated alkanes) is 74. The van der Waals surface area contributed by atoms with Gasteiger partial charge in [0.05, 0.1) is 19.6 Å². The first-order valence-corrected chi connectivity index (χ1v) is 54.7. The van der Waals surface area contributed by atoms with E-state index in [1.54, 1.807) is 62.3 Å². The van der Waals surface area contributed by atoms with Gasteiger partial charge in [0.25, 0.3) is 0 Å². The van der Waals surface area contributed by atoms with Gasteiger partial charge in [-0.2, -0.15) is 0 Å². The van der Waals surface area contributed by atoms with Gasteiger partial charge in [-0.3, -0.25) is 0 Å². The third-order valence-corrected chi connectivity index (χ3v) is 29.2. The van der Waals surface area contributed by atoms with E-state index in [2.05, 4.69) is 69.2 Å². The highest BCUT2D eigenvalue weighted by atomic mass is 15.4. The average molecular weight is 1560 g/mol. The van der Waals surface area contributed by atoms with Crippen LogP contribution in [0.25, 0.3) is 0 Å². The molecule has 0 aromatic heterocycles. The predicted octanol–water partition coefficient (Wildman–Crippen LogP) is 41.4. The number of hydrogen-bond donors (Lipinski definition) is 0. The molecular formula is C110H224N+. The minimum atomic E-state index is 0.378. The molecule has 0 spiro atoms. The molecule has 0 aromatic rings. The van der Waals surface area contributed by atoms with Crippen LogP contribution in [0.15, 0.2) is 0 Å². The summed E-state index contributed by atoms with van der Waals surface area (Å²) in [5.41, 5.74) is 1.40. The second kappa shape index (κ2) is 89.2. The molecule has 0 heterocycles. The summed E-state index contributed by atoms with van der Waals surface area (Å²) in [7, 11) is 0. The molecule has 0 fully saturated rings. The van der Waals surface area contributed by atoms with Gasteiger partial charge in [0.15, 0.2) is 0 Å². The maximum atomic E-state index is 2.43. The maximum Gasteiger partial charge on any atom is 0.105 e. The molecule has 0 N–H and O–H groups in total. The van der Waals surface area contributed by atoms with Crippen molar-refractivity contribution in [2.75, 3.05) is 19.6 Å². The highest BCUT2D eigenvalue weighted by Gasteiger charge is 2.61. The van der Waals surface area contributed by atoms with E-state index in [0.717, 1.165) is 0 Å². The number of quaternary nitrogens is 1. The quantitative estimate of drug-likeness (QED) is 0.0421. The fraction of sp³-hybridized carbons (Fsp3) is 1.00. The molecule has 668 valence electrons. The average Bonchev–Trinajstić information content (AvgIpc) is 0.721. The molecule has 0 bridgehead atoms. The Labute approximate surface area is 708 Å². The summed E-state index contributed by atoms with van der Waals surface area (Å²) in [4.78, 5) is 0. The lowest BCUT2D eigenvalue weighted by molar-refractivity contribution is -0.987. The summed E-state index contributed by atoms with van der Waals surface area (Å²) in [5, 5.41) is 0. The summed E-state index contributed by atoms with van der Waals surface area (Å²) in [6.45, 7) is 28.7. The lowest BCUT2D eigenvalue weighted by Gasteiger charge is -2.63. The molecule has 0 atom stereocenters. The molecule has 0 saturated heterocycles. The summed E-state index contributed by atoms with van der Waals surface area (Å²) in [6, 6.07) is 0. The van der Waals surface area contributed by atoms with E-state index in [9.17, 15) is 0 Å². The molecule has 0 aliphatic heterocycles. The lowest BCUT2D eigenvalue weighted by Crippen LogP contribution is -2.72. The van der Waals surface area contributed by atoms with Crippen LogP contribution in [0, 0.1) is 10.8 Å². The van der Waals surface area contributed by atoms with Crippen LogP contribution in [0.1, 0.15) is 673 Å². The van der Waals surface area contributed by atoms with E-state index < -0.39 is 0 Å². The molecule has 111 heavy (non-hydrogen) atoms. The Kier molecular flexibility index (Phi) is 89.2. The Hall–Kier alpha value is -0.0400. The van der Waals surface area contributed by atoms with E-state index >= 15 is 0 Å². The summed E-state index contributed by atoms with van der Waals surface area (Å²) >= 11 is 0. The van der Waals surface area contributed by atoms with Crippen molar-refractivity contribution in [1.29, 1.82) is 0 Å². The van der Waals surface area contributed by atoms with Gasteiger partial charge < -0.3 is 4.48 Å². The van der Waals surface area contributed by atoms with Gasteiger partial charge in [0, 0.05) is 18.3 Å². The zero-order valence-electron chi connectivity index (χ0n) is 80.5. The Morgan fingerprint density at radius 2 is 0.234 bits per heavy atom. The second-order valence-electron chi connectivity index (χ2n) is 39.4. The molecule has 0 saturated carbocycles. The molecule has 0 unspecified atom stereocenters. The van der Waals surface area contributed by atoms with Crippen molar-refractivity contribution in [3.05, 3.63) is 0 Å². The molecule has 0 amide bonds. The van der Waals surface area contributed by atoms with Crippen molar-refractivity contribution < 1.29 is 4.48 Å². The van der Waals surface area contributed by atoms with Crippen molar-refractivity contribution in [1.82, 2.24) is 0 Å². The number of hydrogen-bond acceptors (Lipinski definition) is 0. The monoisotopic (exact) mass is 1560 g/mol. The van der Waals surface area contributed by atoms with Crippen molar-refractivity contribution >= 4 is 0 Å². The van der Waals surface area contributed by atoms with Crippen molar-refractivity contribution in [3.8, 4) is 0 Å². The molecule has 0 radical (unpaired) electrons. The van der Waals surface area contributed by atoms with Gasteiger partial charge in [-0.05, 0) is 102 Å². The van der Waals surface area contributed by atoms with Crippen LogP contribution in [-0.4, -0.2) is 29.7 Å². The van der Waals surface area contributed by atoms with Gasteiger partial charge in [-0.25, -0.2) is 0 Å². The zero-order chi connectivity index (χ0) is 80.6. The van der Waals surface area contributed by atoms with Crippen LogP contribution in [0.5, 0.6) is 0 Å². The molecule has 0 aliphatic rings. The van der Waals surface area contributed by atoms with E-state index in [0.29, 0.717) is 16.4 Å². The normalized spacial score (nSPS) is 12.5. The minimum absolute atomic E-state index is 0.378. The first-order valence-electron chi connectivity index (χ1n) is 54.7. The Bertz CT molecular complexity index is 1530. The fourth-order valence-corrected chi connectivity index (χ4v) is 21.8. The smallest absolute Gasteiger partial charge is 0.105 e. The number of rotatable bonds is 100. The highest BCUT2D eigenvalue weighted by Crippen LogP contribution is 2.58. The maximum absolute atomic E-state index is 2.43. The van der Waals surface area contributed by atoms with Crippen LogP contribution in [0.4, 0.5) is 0 Å². The lowest BCUT2D eigenvalue weighted by atomic mass is 9.55. The van der Waals surface area contributed by atoms with Gasteiger partial charge in [-0.15, -0.1) is 0 Å². The third-order valence-electron chi connectivity index (χ3n) is 29.2.